The van der Waals surface area contributed by atoms with E-state index in [1.807, 2.05) is 19.9 Å². The quantitative estimate of drug-likeness (QED) is 0.0909. The van der Waals surface area contributed by atoms with E-state index >= 15 is 0 Å². The van der Waals surface area contributed by atoms with Gasteiger partial charge in [0.05, 0.1) is 79.6 Å². The van der Waals surface area contributed by atoms with Gasteiger partial charge < -0.3 is 86.6 Å². The lowest BCUT2D eigenvalue weighted by Gasteiger charge is -2.45. The first-order valence-corrected chi connectivity index (χ1v) is 27.0. The van der Waals surface area contributed by atoms with Crippen LogP contribution in [0.3, 0.4) is 0 Å². The summed E-state index contributed by atoms with van der Waals surface area (Å²) in [6.45, 7) is 5.29. The number of anilines is 1. The van der Waals surface area contributed by atoms with Crippen molar-refractivity contribution in [3.05, 3.63) is 115 Å². The number of carboxylic acid groups (broad SMARTS) is 1. The summed E-state index contributed by atoms with van der Waals surface area (Å²) in [6.07, 6.45) is 5.92. The first-order chi connectivity index (χ1) is 36.9. The van der Waals surface area contributed by atoms with E-state index < -0.39 is 135 Å². The molecule has 2 bridgehead atoms. The molecule has 20 heteroatoms. The average Bonchev–Trinajstić information content (AvgIpc) is 3.37. The van der Waals surface area contributed by atoms with Gasteiger partial charge in [0.1, 0.15) is 18.1 Å². The highest BCUT2D eigenvalue weighted by Gasteiger charge is 2.51. The molecule has 0 amide bonds. The zero-order valence-electron chi connectivity index (χ0n) is 44.9. The van der Waals surface area contributed by atoms with Crippen LogP contribution in [0.15, 0.2) is 109 Å². The van der Waals surface area contributed by atoms with Gasteiger partial charge in [0.2, 0.25) is 0 Å². The van der Waals surface area contributed by atoms with Crippen molar-refractivity contribution in [2.24, 2.45) is 23.5 Å². The van der Waals surface area contributed by atoms with Crippen molar-refractivity contribution >= 4 is 23.4 Å². The summed E-state index contributed by atoms with van der Waals surface area (Å²) in [7, 11) is 0. The third-order valence-corrected chi connectivity index (χ3v) is 14.3. The van der Waals surface area contributed by atoms with Crippen LogP contribution in [0.2, 0.25) is 0 Å². The first kappa shape index (κ1) is 65.8. The minimum atomic E-state index is -2.29. The van der Waals surface area contributed by atoms with Crippen molar-refractivity contribution in [3.8, 4) is 0 Å². The third kappa shape index (κ3) is 22.8. The summed E-state index contributed by atoms with van der Waals surface area (Å²) >= 11 is 0. The largest absolute Gasteiger partial charge is 0.481 e. The second-order valence-corrected chi connectivity index (χ2v) is 21.2. The van der Waals surface area contributed by atoms with Crippen molar-refractivity contribution in [1.29, 1.82) is 0 Å². The van der Waals surface area contributed by atoms with Gasteiger partial charge in [0.25, 0.3) is 0 Å². The summed E-state index contributed by atoms with van der Waals surface area (Å²) in [5, 5.41) is 119. The number of carboxylic acids is 1. The molecule has 0 spiro atoms. The second-order valence-electron chi connectivity index (χ2n) is 21.2. The Hall–Kier alpha value is -4.75. The Morgan fingerprint density at radius 2 is 1.28 bits per heavy atom. The van der Waals surface area contributed by atoms with Crippen LogP contribution in [0.1, 0.15) is 115 Å². The smallest absolute Gasteiger partial charge is 0.311 e. The Morgan fingerprint density at radius 1 is 0.731 bits per heavy atom. The van der Waals surface area contributed by atoms with E-state index in [9.17, 15) is 70.6 Å². The average molecular weight is 1100 g/mol. The number of aliphatic carboxylic acids is 1. The number of Topliss-reactive ketones (excluding diaryl/α,β-unsaturated/α-hetero) is 1. The van der Waals surface area contributed by atoms with Crippen molar-refractivity contribution < 1.29 is 89.5 Å². The number of allylic oxidation sites excluding steroid dienone is 12. The molecular weight excluding hydrogens is 1010 g/mol. The molecule has 15 unspecified atom stereocenters. The predicted molar refractivity (Wildman–Crippen MR) is 290 cm³/mol. The van der Waals surface area contributed by atoms with Crippen LogP contribution in [0.4, 0.5) is 5.69 Å². The van der Waals surface area contributed by atoms with Gasteiger partial charge in [0.15, 0.2) is 17.9 Å². The molecule has 19 atom stereocenters. The number of fused-ring (bicyclic) bond motifs is 2. The maximum atomic E-state index is 13.3. The molecule has 3 heterocycles. The summed E-state index contributed by atoms with van der Waals surface area (Å²) in [4.78, 5) is 38.6. The molecule has 4 rings (SSSR count). The van der Waals surface area contributed by atoms with Crippen molar-refractivity contribution in [1.82, 2.24) is 0 Å². The molecule has 0 radical (unpaired) electrons. The Balaban J connectivity index is 1.52. The lowest BCUT2D eigenvalue weighted by Crippen LogP contribution is -2.61. The summed E-state index contributed by atoms with van der Waals surface area (Å²) in [6, 6.07) is 5.30. The number of carbonyl (C=O) groups is 3. The fourth-order valence-electron chi connectivity index (χ4n) is 9.95. The number of nitrogen functional groups attached to an aromatic ring is 1. The molecule has 1 aromatic rings. The van der Waals surface area contributed by atoms with Crippen LogP contribution in [0.25, 0.3) is 0 Å². The summed E-state index contributed by atoms with van der Waals surface area (Å²) in [5.41, 5.74) is 12.7. The highest BCUT2D eigenvalue weighted by Crippen LogP contribution is 2.38. The minimum Gasteiger partial charge on any atom is -0.481 e. The first-order valence-electron chi connectivity index (χ1n) is 27.0. The third-order valence-electron chi connectivity index (χ3n) is 14.3. The van der Waals surface area contributed by atoms with E-state index in [-0.39, 0.29) is 75.4 Å². The molecule has 436 valence electrons. The maximum absolute atomic E-state index is 13.3. The number of ketones is 1. The standard InChI is InChI=1S/C58H86N2O18/c1-35-17-14-12-10-8-6-4-5-7-9-11-13-15-20-46(76-57-54(71)52(60)53(70)37(3)75-57)32-49-51(56(72)73)48(68)34-58(74,78-49)33-45(66)29-43(64)27-40(61)18-16-19-41(62)28-44(65)31-50(69)77-55(35)36(2)21-26-42(63)30-47(67)38-22-24-39(59)25-23-38/h4-15,17,20,22-25,35-37,40-46,48-49,51-55,57,61-66,68,70-71,74H,16,18-19,21,26-34,59-60H2,1-3H3,(H,72,73)/b5-4+,8-6+,9-7+,12-10+,13-11+,17-14+,20-15+/t35?,36?,37-,40?,41?,42?,43?,44?,45?,46?,48?,49?,51?,52+,53-,54+,55?,57?,58?/m1/s1. The van der Waals surface area contributed by atoms with Crippen LogP contribution in [-0.4, -0.2) is 171 Å². The van der Waals surface area contributed by atoms with E-state index in [4.69, 9.17) is 30.4 Å². The Labute approximate surface area is 457 Å². The number of rotatable bonds is 10. The van der Waals surface area contributed by atoms with Gasteiger partial charge in [-0.25, -0.2) is 0 Å². The fourth-order valence-corrected chi connectivity index (χ4v) is 9.95. The van der Waals surface area contributed by atoms with Crippen molar-refractivity contribution in [2.45, 2.75) is 202 Å². The molecule has 20 nitrogen and oxygen atoms in total. The Morgan fingerprint density at radius 3 is 1.87 bits per heavy atom. The molecular formula is C58H86N2O18. The van der Waals surface area contributed by atoms with Crippen molar-refractivity contribution in [2.75, 3.05) is 5.73 Å². The number of esters is 1. The molecule has 1 aromatic carbocycles. The zero-order valence-corrected chi connectivity index (χ0v) is 44.9. The van der Waals surface area contributed by atoms with Gasteiger partial charge in [-0.05, 0) is 88.5 Å². The number of hydrogen-bond acceptors (Lipinski definition) is 19. The molecule has 0 saturated carbocycles. The van der Waals surface area contributed by atoms with Gasteiger partial charge in [-0.15, -0.1) is 0 Å². The number of ether oxygens (including phenoxy) is 4. The molecule has 0 aromatic heterocycles. The highest BCUT2D eigenvalue weighted by molar-refractivity contribution is 5.96. The van der Waals surface area contributed by atoms with Crippen molar-refractivity contribution in [3.63, 3.8) is 0 Å². The SMILES string of the molecule is CC1/C=C/C=C/C=C/C=C/C=C/C=C/C=C/C(OC2O[C@H](C)[C@@H](O)[C@H](N)[C@@H]2O)CC2OC(O)(CC(O)CC(O)CC(O)CCCC(O)CC(O)CC(=O)OC1C(C)CCC(O)CC(=O)c1ccc(N)cc1)CC(O)C2C(=O)O. The van der Waals surface area contributed by atoms with E-state index in [1.54, 1.807) is 97.2 Å². The van der Waals surface area contributed by atoms with Gasteiger partial charge in [-0.3, -0.25) is 14.4 Å². The molecule has 3 aliphatic heterocycles. The zero-order chi connectivity index (χ0) is 57.5. The fraction of sp³-hybridized carbons (Fsp3) is 0.603. The lowest BCUT2D eigenvalue weighted by atomic mass is 9.82. The monoisotopic (exact) mass is 1100 g/mol. The number of aliphatic hydroxyl groups excluding tert-OH is 9. The van der Waals surface area contributed by atoms with E-state index in [2.05, 4.69) is 0 Å². The van der Waals surface area contributed by atoms with Gasteiger partial charge in [-0.2, -0.15) is 0 Å². The van der Waals surface area contributed by atoms with Gasteiger partial charge >= 0.3 is 11.9 Å². The molecule has 15 N–H and O–H groups in total. The molecule has 78 heavy (non-hydrogen) atoms. The van der Waals surface area contributed by atoms with Crippen LogP contribution < -0.4 is 11.5 Å². The van der Waals surface area contributed by atoms with Crippen LogP contribution in [-0.2, 0) is 28.5 Å². The van der Waals surface area contributed by atoms with Crippen LogP contribution >= 0.6 is 0 Å². The summed E-state index contributed by atoms with van der Waals surface area (Å²) < 4.78 is 23.8. The van der Waals surface area contributed by atoms with Gasteiger partial charge in [0, 0.05) is 42.9 Å². The van der Waals surface area contributed by atoms with E-state index in [0.717, 1.165) is 0 Å². The molecule has 2 fully saturated rings. The lowest BCUT2D eigenvalue weighted by molar-refractivity contribution is -0.308. The molecule has 2 saturated heterocycles. The number of cyclic esters (lactones) is 1. The number of carbonyl (C=O) groups excluding carboxylic acids is 2. The van der Waals surface area contributed by atoms with E-state index in [0.29, 0.717) is 17.7 Å². The van der Waals surface area contributed by atoms with Crippen LogP contribution in [0.5, 0.6) is 0 Å². The second kappa shape index (κ2) is 33.1. The normalized spacial score (nSPS) is 38.7. The Bertz CT molecular complexity index is 2200. The number of aliphatic hydroxyl groups is 10. The predicted octanol–water partition coefficient (Wildman–Crippen LogP) is 3.11. The van der Waals surface area contributed by atoms with Crippen LogP contribution in [0, 0.1) is 17.8 Å². The number of nitrogens with two attached hydrogens (primary N) is 2. The maximum Gasteiger partial charge on any atom is 0.311 e. The topological polar surface area (TPSA) is 363 Å². The molecule has 3 aliphatic rings. The summed E-state index contributed by atoms with van der Waals surface area (Å²) in [5.74, 6) is -6.83. The number of benzene rings is 1. The Kier molecular flexibility index (Phi) is 27.9. The number of hydrogen-bond donors (Lipinski definition) is 13. The molecule has 0 aliphatic carbocycles. The van der Waals surface area contributed by atoms with E-state index in [1.165, 1.54) is 13.0 Å². The van der Waals surface area contributed by atoms with Gasteiger partial charge in [-0.1, -0.05) is 98.9 Å². The highest BCUT2D eigenvalue weighted by atomic mass is 16.7. The minimum absolute atomic E-state index is 0.101.